The number of likely N-dealkylation sites (N-methyl/N-ethyl adjacent to an activating group) is 1. The molecule has 0 aromatic carbocycles. The summed E-state index contributed by atoms with van der Waals surface area (Å²) >= 11 is 0. The van der Waals surface area contributed by atoms with Crippen LogP contribution in [-0.2, 0) is 23.7 Å². The van der Waals surface area contributed by atoms with Crippen LogP contribution < -0.4 is 5.73 Å². The van der Waals surface area contributed by atoms with Crippen molar-refractivity contribution in [1.82, 2.24) is 4.90 Å². The van der Waals surface area contributed by atoms with Gasteiger partial charge in [-0.1, -0.05) is 0 Å². The van der Waals surface area contributed by atoms with Crippen LogP contribution in [0.3, 0.4) is 0 Å². The van der Waals surface area contributed by atoms with E-state index in [-0.39, 0.29) is 5.91 Å². The summed E-state index contributed by atoms with van der Waals surface area (Å²) in [7, 11) is 1.75. The first-order valence-corrected chi connectivity index (χ1v) is 6.91. The molecule has 0 rings (SSSR count). The quantitative estimate of drug-likeness (QED) is 0.434. The van der Waals surface area contributed by atoms with Gasteiger partial charge in [0, 0.05) is 27.1 Å². The topological polar surface area (TPSA) is 83.2 Å². The van der Waals surface area contributed by atoms with Gasteiger partial charge in [-0.25, -0.2) is 0 Å². The molecule has 0 atom stereocenters. The van der Waals surface area contributed by atoms with Gasteiger partial charge in [0.25, 0.3) is 0 Å². The Hall–Kier alpha value is -0.730. The third-order valence-electron chi connectivity index (χ3n) is 2.49. The summed E-state index contributed by atoms with van der Waals surface area (Å²) in [5, 5.41) is 0. The molecule has 0 aliphatic carbocycles. The fraction of sp³-hybridized carbons (Fsp3) is 0.923. The van der Waals surface area contributed by atoms with Gasteiger partial charge in [0.2, 0.25) is 5.91 Å². The summed E-state index contributed by atoms with van der Waals surface area (Å²) in [5.41, 5.74) is 5.27. The first-order chi connectivity index (χ1) is 9.68. The fourth-order valence-corrected chi connectivity index (χ4v) is 1.20. The summed E-state index contributed by atoms with van der Waals surface area (Å²) in [4.78, 5) is 12.5. The summed E-state index contributed by atoms with van der Waals surface area (Å²) < 4.78 is 21.1. The van der Waals surface area contributed by atoms with E-state index in [1.165, 1.54) is 6.92 Å². The summed E-state index contributed by atoms with van der Waals surface area (Å²) in [6, 6.07) is 0. The van der Waals surface area contributed by atoms with E-state index in [2.05, 4.69) is 0 Å². The Bertz CT molecular complexity index is 229. The maximum absolute atomic E-state index is 10.9. The van der Waals surface area contributed by atoms with Crippen molar-refractivity contribution in [1.29, 1.82) is 0 Å². The van der Waals surface area contributed by atoms with Gasteiger partial charge in [0.05, 0.1) is 52.9 Å². The van der Waals surface area contributed by atoms with E-state index in [1.54, 1.807) is 11.9 Å². The molecule has 0 radical (unpaired) electrons. The molecule has 0 aliphatic heterocycles. The molecule has 0 saturated heterocycles. The second-order valence-corrected chi connectivity index (χ2v) is 4.18. The Balaban J connectivity index is 3.04. The molecular weight excluding hydrogens is 264 g/mol. The highest BCUT2D eigenvalue weighted by atomic mass is 16.6. The maximum atomic E-state index is 10.9. The lowest BCUT2D eigenvalue weighted by Crippen LogP contribution is -2.28. The summed E-state index contributed by atoms with van der Waals surface area (Å²) in [6.45, 7) is 6.98. The lowest BCUT2D eigenvalue weighted by Gasteiger charge is -2.14. The summed E-state index contributed by atoms with van der Waals surface area (Å²) in [5.74, 6) is 0.0393. The van der Waals surface area contributed by atoms with Gasteiger partial charge < -0.3 is 29.6 Å². The third kappa shape index (κ3) is 13.7. The number of hydrogen-bond acceptors (Lipinski definition) is 6. The SMILES string of the molecule is CC(=O)N(C)CCOCCOCCOCCOCCN. The first kappa shape index (κ1) is 19.3. The number of ether oxygens (including phenoxy) is 4. The van der Waals surface area contributed by atoms with E-state index in [4.69, 9.17) is 24.7 Å². The number of amides is 1. The molecule has 7 nitrogen and oxygen atoms in total. The lowest BCUT2D eigenvalue weighted by molar-refractivity contribution is -0.128. The second kappa shape index (κ2) is 14.7. The lowest BCUT2D eigenvalue weighted by atomic mass is 10.5. The molecule has 0 fully saturated rings. The van der Waals surface area contributed by atoms with Crippen LogP contribution in [0.25, 0.3) is 0 Å². The van der Waals surface area contributed by atoms with Crippen LogP contribution in [0.4, 0.5) is 0 Å². The van der Waals surface area contributed by atoms with Crippen molar-refractivity contribution < 1.29 is 23.7 Å². The van der Waals surface area contributed by atoms with Gasteiger partial charge >= 0.3 is 0 Å². The zero-order valence-electron chi connectivity index (χ0n) is 12.6. The highest BCUT2D eigenvalue weighted by molar-refractivity contribution is 5.72. The Kier molecular flexibility index (Phi) is 14.1. The van der Waals surface area contributed by atoms with E-state index in [1.807, 2.05) is 0 Å². The van der Waals surface area contributed by atoms with Crippen LogP contribution in [-0.4, -0.2) is 83.8 Å². The highest BCUT2D eigenvalue weighted by Crippen LogP contribution is 1.86. The second-order valence-electron chi connectivity index (χ2n) is 4.18. The van der Waals surface area contributed by atoms with E-state index in [9.17, 15) is 4.79 Å². The fourth-order valence-electron chi connectivity index (χ4n) is 1.20. The molecule has 0 heterocycles. The van der Waals surface area contributed by atoms with Crippen molar-refractivity contribution in [3.8, 4) is 0 Å². The molecular formula is C13H28N2O5. The number of nitrogens with two attached hydrogens (primary N) is 1. The first-order valence-electron chi connectivity index (χ1n) is 6.91. The van der Waals surface area contributed by atoms with Gasteiger partial charge in [0.15, 0.2) is 0 Å². The van der Waals surface area contributed by atoms with Gasteiger partial charge in [-0.05, 0) is 0 Å². The van der Waals surface area contributed by atoms with Gasteiger partial charge in [-0.15, -0.1) is 0 Å². The molecule has 20 heavy (non-hydrogen) atoms. The molecule has 0 aromatic rings. The molecule has 120 valence electrons. The Morgan fingerprint density at radius 1 is 0.850 bits per heavy atom. The standard InChI is InChI=1S/C13H28N2O5/c1-13(16)15(2)4-6-18-8-10-20-12-11-19-9-7-17-5-3-14/h3-12,14H2,1-2H3. The van der Waals surface area contributed by atoms with Crippen molar-refractivity contribution in [3.63, 3.8) is 0 Å². The monoisotopic (exact) mass is 292 g/mol. The Morgan fingerprint density at radius 2 is 1.25 bits per heavy atom. The smallest absolute Gasteiger partial charge is 0.219 e. The number of carbonyl (C=O) groups excluding carboxylic acids is 1. The van der Waals surface area contributed by atoms with Crippen molar-refractivity contribution in [2.45, 2.75) is 6.92 Å². The van der Waals surface area contributed by atoms with Gasteiger partial charge in [-0.2, -0.15) is 0 Å². The van der Waals surface area contributed by atoms with Crippen molar-refractivity contribution >= 4 is 5.91 Å². The molecule has 0 saturated carbocycles. The van der Waals surface area contributed by atoms with Crippen LogP contribution in [0.1, 0.15) is 6.92 Å². The zero-order chi connectivity index (χ0) is 15.1. The average molecular weight is 292 g/mol. The molecule has 0 spiro atoms. The number of hydrogen-bond donors (Lipinski definition) is 1. The van der Waals surface area contributed by atoms with Crippen molar-refractivity contribution in [2.24, 2.45) is 5.73 Å². The van der Waals surface area contributed by atoms with Crippen LogP contribution >= 0.6 is 0 Å². The molecule has 0 aromatic heterocycles. The summed E-state index contributed by atoms with van der Waals surface area (Å²) in [6.07, 6.45) is 0. The Morgan fingerprint density at radius 3 is 1.65 bits per heavy atom. The normalized spacial score (nSPS) is 10.8. The van der Waals surface area contributed by atoms with Crippen molar-refractivity contribution in [3.05, 3.63) is 0 Å². The molecule has 0 bridgehead atoms. The largest absolute Gasteiger partial charge is 0.378 e. The molecule has 1 amide bonds. The van der Waals surface area contributed by atoms with Crippen LogP contribution in [0, 0.1) is 0 Å². The maximum Gasteiger partial charge on any atom is 0.219 e. The van der Waals surface area contributed by atoms with Crippen LogP contribution in [0.2, 0.25) is 0 Å². The van der Waals surface area contributed by atoms with E-state index in [0.29, 0.717) is 65.9 Å². The zero-order valence-corrected chi connectivity index (χ0v) is 12.6. The molecule has 7 heteroatoms. The van der Waals surface area contributed by atoms with E-state index >= 15 is 0 Å². The molecule has 2 N–H and O–H groups in total. The van der Waals surface area contributed by atoms with E-state index < -0.39 is 0 Å². The molecule has 0 unspecified atom stereocenters. The predicted molar refractivity (Wildman–Crippen MR) is 75.6 cm³/mol. The predicted octanol–water partition coefficient (Wildman–Crippen LogP) is -0.510. The van der Waals surface area contributed by atoms with Gasteiger partial charge in [-0.3, -0.25) is 4.79 Å². The Labute approximate surface area is 121 Å². The minimum Gasteiger partial charge on any atom is -0.378 e. The minimum absolute atomic E-state index is 0.0393. The van der Waals surface area contributed by atoms with Crippen LogP contribution in [0.15, 0.2) is 0 Å². The molecule has 0 aliphatic rings. The van der Waals surface area contributed by atoms with Crippen LogP contribution in [0.5, 0.6) is 0 Å². The average Bonchev–Trinajstić information content (AvgIpc) is 2.43. The number of nitrogens with zero attached hydrogens (tertiary/aromatic N) is 1. The van der Waals surface area contributed by atoms with Crippen molar-refractivity contribution in [2.75, 3.05) is 73.0 Å². The minimum atomic E-state index is 0.0393. The number of rotatable bonds is 14. The highest BCUT2D eigenvalue weighted by Gasteiger charge is 2.00. The third-order valence-corrected chi connectivity index (χ3v) is 2.49. The number of carbonyl (C=O) groups is 1. The van der Waals surface area contributed by atoms with Gasteiger partial charge in [0.1, 0.15) is 0 Å². The van der Waals surface area contributed by atoms with E-state index in [0.717, 1.165) is 0 Å².